The van der Waals surface area contributed by atoms with E-state index in [1.807, 2.05) is 6.92 Å². The molecule has 0 saturated heterocycles. The van der Waals surface area contributed by atoms with Crippen molar-refractivity contribution in [2.45, 2.75) is 13.5 Å². The fraction of sp³-hybridized carbons (Fsp3) is 0.167. The summed E-state index contributed by atoms with van der Waals surface area (Å²) in [6, 6.07) is 5.97. The Kier molecular flexibility index (Phi) is 3.74. The summed E-state index contributed by atoms with van der Waals surface area (Å²) in [5.41, 5.74) is 6.92. The Morgan fingerprint density at radius 2 is 2.11 bits per heavy atom. The van der Waals surface area contributed by atoms with Crippen LogP contribution in [0.25, 0.3) is 0 Å². The van der Waals surface area contributed by atoms with E-state index in [2.05, 4.69) is 9.97 Å². The van der Waals surface area contributed by atoms with Crippen LogP contribution < -0.4 is 10.5 Å². The Labute approximate surface area is 109 Å². The molecule has 0 aliphatic rings. The lowest BCUT2D eigenvalue weighted by molar-refractivity contribution is 0.436. The molecule has 2 rings (SSSR count). The molecule has 0 aliphatic heterocycles. The Bertz CT molecular complexity index is 577. The third-order valence-corrected chi connectivity index (χ3v) is 2.49. The Balaban J connectivity index is 2.27. The number of benzene rings is 1. The van der Waals surface area contributed by atoms with Crippen molar-refractivity contribution in [2.75, 3.05) is 0 Å². The fourth-order valence-corrected chi connectivity index (χ4v) is 1.57. The van der Waals surface area contributed by atoms with E-state index in [4.69, 9.17) is 22.1 Å². The first kappa shape index (κ1) is 12.7. The van der Waals surface area contributed by atoms with Gasteiger partial charge in [0.2, 0.25) is 0 Å². The number of nitrogens with two attached hydrogens (primary N) is 1. The maximum atomic E-state index is 13.0. The van der Waals surface area contributed by atoms with Gasteiger partial charge >= 0.3 is 6.01 Å². The second kappa shape index (κ2) is 5.29. The molecule has 18 heavy (non-hydrogen) atoms. The van der Waals surface area contributed by atoms with Crippen molar-refractivity contribution >= 4 is 11.6 Å². The number of hydrogen-bond donors (Lipinski definition) is 1. The quantitative estimate of drug-likeness (QED) is 0.929. The summed E-state index contributed by atoms with van der Waals surface area (Å²) in [6.07, 6.45) is 0. The molecule has 0 aliphatic carbocycles. The molecule has 0 saturated carbocycles. The van der Waals surface area contributed by atoms with Crippen molar-refractivity contribution in [3.63, 3.8) is 0 Å². The molecule has 2 N–H and O–H groups in total. The lowest BCUT2D eigenvalue weighted by Gasteiger charge is -2.06. The van der Waals surface area contributed by atoms with Gasteiger partial charge in [0.15, 0.2) is 0 Å². The van der Waals surface area contributed by atoms with Gasteiger partial charge in [0.1, 0.15) is 11.6 Å². The highest BCUT2D eigenvalue weighted by molar-refractivity contribution is 6.30. The Morgan fingerprint density at radius 3 is 2.78 bits per heavy atom. The largest absolute Gasteiger partial charge is 0.424 e. The molecule has 0 amide bonds. The van der Waals surface area contributed by atoms with E-state index in [0.717, 1.165) is 5.69 Å². The Hall–Kier alpha value is -1.72. The minimum absolute atomic E-state index is 0.0146. The lowest BCUT2D eigenvalue weighted by Crippen LogP contribution is -2.03. The second-order valence-electron chi connectivity index (χ2n) is 3.67. The molecule has 0 bridgehead atoms. The molecule has 0 atom stereocenters. The first-order chi connectivity index (χ1) is 8.58. The highest BCUT2D eigenvalue weighted by atomic mass is 35.5. The van der Waals surface area contributed by atoms with E-state index in [1.54, 1.807) is 6.07 Å². The van der Waals surface area contributed by atoms with Gasteiger partial charge in [0, 0.05) is 18.3 Å². The minimum Gasteiger partial charge on any atom is -0.424 e. The molecule has 2 aromatic rings. The number of aromatic nitrogens is 2. The van der Waals surface area contributed by atoms with Gasteiger partial charge in [0.05, 0.1) is 10.7 Å². The van der Waals surface area contributed by atoms with Crippen LogP contribution >= 0.6 is 11.6 Å². The third-order valence-electron chi connectivity index (χ3n) is 2.20. The number of rotatable bonds is 3. The van der Waals surface area contributed by atoms with E-state index >= 15 is 0 Å². The lowest BCUT2D eigenvalue weighted by atomic mass is 10.3. The van der Waals surface area contributed by atoms with Crippen molar-refractivity contribution in [1.29, 1.82) is 0 Å². The highest BCUT2D eigenvalue weighted by Crippen LogP contribution is 2.24. The molecule has 4 nitrogen and oxygen atoms in total. The Morgan fingerprint density at radius 1 is 1.33 bits per heavy atom. The third kappa shape index (κ3) is 2.94. The summed E-state index contributed by atoms with van der Waals surface area (Å²) in [7, 11) is 0. The summed E-state index contributed by atoms with van der Waals surface area (Å²) < 4.78 is 18.4. The SMILES string of the molecule is Cc1cc(CN)nc(Oc2ccc(F)c(Cl)c2)n1. The second-order valence-corrected chi connectivity index (χ2v) is 4.07. The molecule has 0 spiro atoms. The van der Waals surface area contributed by atoms with E-state index < -0.39 is 5.82 Å². The van der Waals surface area contributed by atoms with Crippen LogP contribution in [0.15, 0.2) is 24.3 Å². The van der Waals surface area contributed by atoms with E-state index in [9.17, 15) is 4.39 Å². The van der Waals surface area contributed by atoms with Gasteiger partial charge in [-0.3, -0.25) is 0 Å². The molecule has 1 aromatic heterocycles. The molecule has 6 heteroatoms. The van der Waals surface area contributed by atoms with Gasteiger partial charge in [-0.2, -0.15) is 4.98 Å². The monoisotopic (exact) mass is 267 g/mol. The van der Waals surface area contributed by atoms with Crippen molar-refractivity contribution < 1.29 is 9.13 Å². The first-order valence-electron chi connectivity index (χ1n) is 5.26. The van der Waals surface area contributed by atoms with E-state index in [0.29, 0.717) is 18.0 Å². The summed E-state index contributed by atoms with van der Waals surface area (Å²) in [5.74, 6) is -0.133. The molecule has 0 fully saturated rings. The van der Waals surface area contributed by atoms with Gasteiger partial charge in [-0.15, -0.1) is 0 Å². The zero-order valence-electron chi connectivity index (χ0n) is 9.65. The van der Waals surface area contributed by atoms with Crippen LogP contribution in [0, 0.1) is 12.7 Å². The molecular formula is C12H11ClFN3O. The predicted octanol–water partition coefficient (Wildman–Crippen LogP) is 2.83. The average molecular weight is 268 g/mol. The van der Waals surface area contributed by atoms with Crippen LogP contribution in [0.3, 0.4) is 0 Å². The zero-order valence-corrected chi connectivity index (χ0v) is 10.4. The summed E-state index contributed by atoms with van der Waals surface area (Å²) in [4.78, 5) is 8.21. The first-order valence-corrected chi connectivity index (χ1v) is 5.64. The standard InChI is InChI=1S/C12H11ClFN3O/c1-7-4-8(6-15)17-12(16-7)18-9-2-3-11(14)10(13)5-9/h2-5H,6,15H2,1H3. The van der Waals surface area contributed by atoms with E-state index in [1.165, 1.54) is 18.2 Å². The average Bonchev–Trinajstić information content (AvgIpc) is 2.33. The van der Waals surface area contributed by atoms with Crippen LogP contribution in [-0.4, -0.2) is 9.97 Å². The molecule has 0 unspecified atom stereocenters. The molecule has 1 heterocycles. The van der Waals surface area contributed by atoms with E-state index in [-0.39, 0.29) is 11.0 Å². The van der Waals surface area contributed by atoms with Crippen LogP contribution in [0.2, 0.25) is 5.02 Å². The summed E-state index contributed by atoms with van der Waals surface area (Å²) in [6.45, 7) is 2.11. The van der Waals surface area contributed by atoms with Crippen LogP contribution in [-0.2, 0) is 6.54 Å². The maximum Gasteiger partial charge on any atom is 0.322 e. The van der Waals surface area contributed by atoms with Gasteiger partial charge in [-0.25, -0.2) is 9.37 Å². The van der Waals surface area contributed by atoms with Gasteiger partial charge < -0.3 is 10.5 Å². The van der Waals surface area contributed by atoms with Crippen molar-refractivity contribution in [3.8, 4) is 11.8 Å². The number of ether oxygens (including phenoxy) is 1. The van der Waals surface area contributed by atoms with Crippen LogP contribution in [0.5, 0.6) is 11.8 Å². The fourth-order valence-electron chi connectivity index (χ4n) is 1.40. The molecule has 94 valence electrons. The molecular weight excluding hydrogens is 257 g/mol. The predicted molar refractivity (Wildman–Crippen MR) is 66.1 cm³/mol. The van der Waals surface area contributed by atoms with Crippen molar-refractivity contribution in [2.24, 2.45) is 5.73 Å². The number of halogens is 2. The highest BCUT2D eigenvalue weighted by Gasteiger charge is 2.06. The summed E-state index contributed by atoms with van der Waals surface area (Å²) in [5, 5.41) is -0.0146. The molecule has 1 aromatic carbocycles. The van der Waals surface area contributed by atoms with Crippen molar-refractivity contribution in [3.05, 3.63) is 46.5 Å². The smallest absolute Gasteiger partial charge is 0.322 e. The van der Waals surface area contributed by atoms with Crippen molar-refractivity contribution in [1.82, 2.24) is 9.97 Å². The zero-order chi connectivity index (χ0) is 13.1. The topological polar surface area (TPSA) is 61.0 Å². The van der Waals surface area contributed by atoms with Gasteiger partial charge in [-0.05, 0) is 25.1 Å². The number of aryl methyl sites for hydroxylation is 1. The van der Waals surface area contributed by atoms with Crippen LogP contribution in [0.1, 0.15) is 11.4 Å². The summed E-state index contributed by atoms with van der Waals surface area (Å²) >= 11 is 5.65. The van der Waals surface area contributed by atoms with Gasteiger partial charge in [-0.1, -0.05) is 11.6 Å². The normalized spacial score (nSPS) is 10.4. The molecule has 0 radical (unpaired) electrons. The maximum absolute atomic E-state index is 13.0. The number of nitrogens with zero attached hydrogens (tertiary/aromatic N) is 2. The van der Waals surface area contributed by atoms with Gasteiger partial charge in [0.25, 0.3) is 0 Å². The van der Waals surface area contributed by atoms with Crippen LogP contribution in [0.4, 0.5) is 4.39 Å². The minimum atomic E-state index is -0.503. The number of hydrogen-bond acceptors (Lipinski definition) is 4.